The highest BCUT2D eigenvalue weighted by molar-refractivity contribution is 5.78. The summed E-state index contributed by atoms with van der Waals surface area (Å²) in [6, 6.07) is 20.6. The Bertz CT molecular complexity index is 755. The quantitative estimate of drug-likeness (QED) is 0.779. The zero-order valence-corrected chi connectivity index (χ0v) is 17.0. The van der Waals surface area contributed by atoms with Crippen LogP contribution in [0.15, 0.2) is 60.7 Å². The maximum absolute atomic E-state index is 13.2. The Balaban J connectivity index is 1.68. The molecule has 1 heterocycles. The molecule has 0 aliphatic carbocycles. The number of carboxylic acid groups (broad SMARTS) is 1. The molecular weight excluding hydrogens is 364 g/mol. The van der Waals surface area contributed by atoms with Gasteiger partial charge in [-0.1, -0.05) is 60.7 Å². The molecule has 0 spiro atoms. The lowest BCUT2D eigenvalue weighted by Gasteiger charge is -2.26. The summed E-state index contributed by atoms with van der Waals surface area (Å²) in [5, 5.41) is 9.03. The highest BCUT2D eigenvalue weighted by atomic mass is 16.4. The van der Waals surface area contributed by atoms with Gasteiger partial charge in [-0.3, -0.25) is 14.5 Å². The van der Waals surface area contributed by atoms with E-state index in [4.69, 9.17) is 5.11 Å². The molecule has 5 heteroatoms. The topological polar surface area (TPSA) is 60.9 Å². The Hall–Kier alpha value is -2.66. The lowest BCUT2D eigenvalue weighted by atomic mass is 9.88. The molecule has 1 aliphatic rings. The van der Waals surface area contributed by atoms with Crippen molar-refractivity contribution < 1.29 is 14.7 Å². The zero-order chi connectivity index (χ0) is 20.6. The van der Waals surface area contributed by atoms with Gasteiger partial charge in [-0.05, 0) is 37.4 Å². The Kier molecular flexibility index (Phi) is 7.42. The van der Waals surface area contributed by atoms with E-state index in [-0.39, 0.29) is 24.4 Å². The summed E-state index contributed by atoms with van der Waals surface area (Å²) in [7, 11) is 1.86. The number of hydrogen-bond acceptors (Lipinski definition) is 3. The van der Waals surface area contributed by atoms with Gasteiger partial charge in [0.25, 0.3) is 0 Å². The molecule has 2 aromatic carbocycles. The summed E-state index contributed by atoms with van der Waals surface area (Å²) in [5.41, 5.74) is 2.31. The number of rotatable bonds is 7. The summed E-state index contributed by atoms with van der Waals surface area (Å²) in [6.07, 6.45) is 3.09. The van der Waals surface area contributed by atoms with Crippen LogP contribution >= 0.6 is 0 Å². The monoisotopic (exact) mass is 394 g/mol. The fourth-order valence-corrected chi connectivity index (χ4v) is 4.21. The van der Waals surface area contributed by atoms with Gasteiger partial charge in [-0.25, -0.2) is 0 Å². The summed E-state index contributed by atoms with van der Waals surface area (Å²) in [6.45, 7) is 1.47. The third-order valence-electron chi connectivity index (χ3n) is 5.84. The van der Waals surface area contributed by atoms with Crippen LogP contribution in [0.25, 0.3) is 0 Å². The summed E-state index contributed by atoms with van der Waals surface area (Å²) < 4.78 is 0. The van der Waals surface area contributed by atoms with Crippen molar-refractivity contribution in [3.8, 4) is 0 Å². The van der Waals surface area contributed by atoms with E-state index >= 15 is 0 Å². The van der Waals surface area contributed by atoms with Crippen LogP contribution in [-0.4, -0.2) is 59.5 Å². The standard InChI is InChI=1S/C24H30N2O3/c1-25(18-24(28)29)21-13-8-15-26(16-14-21)23(27)17-22(19-9-4-2-5-10-19)20-11-6-3-7-12-20/h2-7,9-12,21-22H,8,13-18H2,1H3,(H,28,29)/t21-/m1/s1. The number of hydrogen-bond donors (Lipinski definition) is 1. The molecule has 3 rings (SSSR count). The summed E-state index contributed by atoms with van der Waals surface area (Å²) in [5.74, 6) is -0.596. The molecule has 1 fully saturated rings. The fourth-order valence-electron chi connectivity index (χ4n) is 4.21. The molecule has 0 aromatic heterocycles. The fraction of sp³-hybridized carbons (Fsp3) is 0.417. The van der Waals surface area contributed by atoms with Gasteiger partial charge in [0.15, 0.2) is 0 Å². The first-order valence-electron chi connectivity index (χ1n) is 10.3. The van der Waals surface area contributed by atoms with Crippen LogP contribution in [0.3, 0.4) is 0 Å². The highest BCUT2D eigenvalue weighted by Gasteiger charge is 2.26. The maximum atomic E-state index is 13.2. The van der Waals surface area contributed by atoms with Crippen molar-refractivity contribution in [2.24, 2.45) is 0 Å². The molecule has 2 aromatic rings. The van der Waals surface area contributed by atoms with Gasteiger partial charge >= 0.3 is 5.97 Å². The molecular formula is C24H30N2O3. The van der Waals surface area contributed by atoms with E-state index in [9.17, 15) is 9.59 Å². The van der Waals surface area contributed by atoms with Crippen LogP contribution in [0.4, 0.5) is 0 Å². The van der Waals surface area contributed by atoms with Crippen molar-refractivity contribution in [1.29, 1.82) is 0 Å². The van der Waals surface area contributed by atoms with E-state index in [0.29, 0.717) is 13.0 Å². The van der Waals surface area contributed by atoms with Gasteiger partial charge in [-0.15, -0.1) is 0 Å². The Morgan fingerprint density at radius 2 is 1.59 bits per heavy atom. The van der Waals surface area contributed by atoms with E-state index in [1.54, 1.807) is 0 Å². The first kappa shape index (κ1) is 21.1. The molecule has 154 valence electrons. The van der Waals surface area contributed by atoms with Crippen molar-refractivity contribution in [3.63, 3.8) is 0 Å². The number of amides is 1. The molecule has 1 N–H and O–H groups in total. The molecule has 0 radical (unpaired) electrons. The van der Waals surface area contributed by atoms with Crippen molar-refractivity contribution in [3.05, 3.63) is 71.8 Å². The first-order valence-corrected chi connectivity index (χ1v) is 10.3. The second-order valence-corrected chi connectivity index (χ2v) is 7.85. The largest absolute Gasteiger partial charge is 0.480 e. The molecule has 0 unspecified atom stereocenters. The lowest BCUT2D eigenvalue weighted by molar-refractivity contribution is -0.138. The van der Waals surface area contributed by atoms with Crippen LogP contribution in [0, 0.1) is 0 Å². The molecule has 1 atom stereocenters. The molecule has 1 amide bonds. The van der Waals surface area contributed by atoms with Crippen molar-refractivity contribution in [2.45, 2.75) is 37.6 Å². The molecule has 1 saturated heterocycles. The smallest absolute Gasteiger partial charge is 0.317 e. The summed E-state index contributed by atoms with van der Waals surface area (Å²) >= 11 is 0. The zero-order valence-electron chi connectivity index (χ0n) is 17.0. The van der Waals surface area contributed by atoms with Crippen LogP contribution in [-0.2, 0) is 9.59 Å². The minimum absolute atomic E-state index is 0.0404. The number of aliphatic carboxylic acids is 1. The van der Waals surface area contributed by atoms with Crippen molar-refractivity contribution in [1.82, 2.24) is 9.80 Å². The Morgan fingerprint density at radius 3 is 2.14 bits per heavy atom. The number of likely N-dealkylation sites (tertiary alicyclic amines) is 1. The average molecular weight is 395 g/mol. The van der Waals surface area contributed by atoms with Gasteiger partial charge in [-0.2, -0.15) is 0 Å². The van der Waals surface area contributed by atoms with E-state index in [1.165, 1.54) is 0 Å². The van der Waals surface area contributed by atoms with Crippen LogP contribution in [0.5, 0.6) is 0 Å². The molecule has 0 saturated carbocycles. The van der Waals surface area contributed by atoms with Gasteiger partial charge < -0.3 is 10.0 Å². The predicted octanol–water partition coefficient (Wildman–Crippen LogP) is 3.61. The first-order chi connectivity index (χ1) is 14.0. The van der Waals surface area contributed by atoms with E-state index in [1.807, 2.05) is 53.2 Å². The number of carbonyl (C=O) groups excluding carboxylic acids is 1. The molecule has 1 aliphatic heterocycles. The minimum Gasteiger partial charge on any atom is -0.480 e. The van der Waals surface area contributed by atoms with Gasteiger partial charge in [0, 0.05) is 31.5 Å². The number of carbonyl (C=O) groups is 2. The number of likely N-dealkylation sites (N-methyl/N-ethyl adjacent to an activating group) is 1. The van der Waals surface area contributed by atoms with Crippen molar-refractivity contribution >= 4 is 11.9 Å². The number of nitrogens with zero attached hydrogens (tertiary/aromatic N) is 2. The van der Waals surface area contributed by atoms with E-state index in [2.05, 4.69) is 24.3 Å². The average Bonchev–Trinajstić information content (AvgIpc) is 2.99. The second kappa shape index (κ2) is 10.2. The normalized spacial score (nSPS) is 17.3. The number of carboxylic acids is 1. The third-order valence-corrected chi connectivity index (χ3v) is 5.84. The van der Waals surface area contributed by atoms with E-state index < -0.39 is 5.97 Å². The van der Waals surface area contributed by atoms with Crippen LogP contribution in [0.2, 0.25) is 0 Å². The lowest BCUT2D eigenvalue weighted by Crippen LogP contribution is -2.37. The molecule has 29 heavy (non-hydrogen) atoms. The minimum atomic E-state index is -0.807. The SMILES string of the molecule is CN(CC(=O)O)[C@@H]1CCCN(C(=O)CC(c2ccccc2)c2ccccc2)CC1. The van der Waals surface area contributed by atoms with Gasteiger partial charge in [0.2, 0.25) is 5.91 Å². The van der Waals surface area contributed by atoms with Crippen LogP contribution in [0.1, 0.15) is 42.7 Å². The van der Waals surface area contributed by atoms with Gasteiger partial charge in [0.05, 0.1) is 6.54 Å². The second-order valence-electron chi connectivity index (χ2n) is 7.85. The van der Waals surface area contributed by atoms with Crippen molar-refractivity contribution in [2.75, 3.05) is 26.7 Å². The summed E-state index contributed by atoms with van der Waals surface area (Å²) in [4.78, 5) is 28.0. The number of benzene rings is 2. The van der Waals surface area contributed by atoms with Gasteiger partial charge in [0.1, 0.15) is 0 Å². The van der Waals surface area contributed by atoms with Crippen LogP contribution < -0.4 is 0 Å². The predicted molar refractivity (Wildman–Crippen MR) is 114 cm³/mol. The maximum Gasteiger partial charge on any atom is 0.317 e. The molecule has 0 bridgehead atoms. The Labute approximate surface area is 172 Å². The third kappa shape index (κ3) is 5.91. The van der Waals surface area contributed by atoms with E-state index in [0.717, 1.165) is 36.9 Å². The molecule has 5 nitrogen and oxygen atoms in total. The Morgan fingerprint density at radius 1 is 1.00 bits per heavy atom. The highest BCUT2D eigenvalue weighted by Crippen LogP contribution is 2.29.